The fraction of sp³-hybridized carbons (Fsp3) is 0.581. The summed E-state index contributed by atoms with van der Waals surface area (Å²) in [5, 5.41) is 2.66. The summed E-state index contributed by atoms with van der Waals surface area (Å²) in [6.45, 7) is 6.19. The highest BCUT2D eigenvalue weighted by Gasteiger charge is 2.43. The van der Waals surface area contributed by atoms with Crippen molar-refractivity contribution in [1.82, 2.24) is 14.6 Å². The van der Waals surface area contributed by atoms with Gasteiger partial charge in [0.15, 0.2) is 0 Å². The Morgan fingerprint density at radius 3 is 2.28 bits per heavy atom. The van der Waals surface area contributed by atoms with E-state index in [9.17, 15) is 18.0 Å². The van der Waals surface area contributed by atoms with Crippen LogP contribution in [0.25, 0.3) is 0 Å². The molecule has 1 unspecified atom stereocenters. The van der Waals surface area contributed by atoms with E-state index in [-0.39, 0.29) is 72.5 Å². The van der Waals surface area contributed by atoms with Gasteiger partial charge in [0.05, 0.1) is 10.9 Å². The molecule has 1 saturated carbocycles. The topological polar surface area (TPSA) is 138 Å². The van der Waals surface area contributed by atoms with Crippen LogP contribution < -0.4 is 20.9 Å². The van der Waals surface area contributed by atoms with Crippen molar-refractivity contribution in [2.75, 3.05) is 42.5 Å². The third kappa shape index (κ3) is 7.72. The number of ether oxygens (including phenoxy) is 1. The molecule has 2 aliphatic heterocycles. The van der Waals surface area contributed by atoms with E-state index in [0.717, 1.165) is 0 Å². The summed E-state index contributed by atoms with van der Waals surface area (Å²) in [7, 11) is -3.87. The molecule has 3 N–H and O–H groups in total. The van der Waals surface area contributed by atoms with Crippen LogP contribution in [0.2, 0.25) is 5.15 Å². The fourth-order valence-electron chi connectivity index (χ4n) is 6.19. The number of piperazine rings is 1. The van der Waals surface area contributed by atoms with E-state index in [2.05, 4.69) is 10.3 Å². The van der Waals surface area contributed by atoms with E-state index in [1.807, 2.05) is 0 Å². The van der Waals surface area contributed by atoms with Gasteiger partial charge < -0.3 is 25.6 Å². The normalized spacial score (nSPS) is 23.5. The molecule has 11 nitrogen and oxygen atoms in total. The molecule has 1 aromatic heterocycles. The van der Waals surface area contributed by atoms with Gasteiger partial charge in [-0.05, 0) is 82.9 Å². The number of rotatable bonds is 7. The van der Waals surface area contributed by atoms with Crippen LogP contribution in [-0.2, 0) is 25.5 Å². The summed E-state index contributed by atoms with van der Waals surface area (Å²) in [5.74, 6) is -3.84. The van der Waals surface area contributed by atoms with E-state index < -0.39 is 39.6 Å². The SMILES string of the molecule is CC(C)(C)OC(=O)NC1CC(=O)N(c2ccc(S(=O)(=O)N3CCN(c4cc(C(F)(F)C5CCC(N)CC5)cc(Cl)n4)CC3)cc2)C1. The monoisotopic (exact) mass is 682 g/mol. The minimum absolute atomic E-state index is 0.0433. The maximum absolute atomic E-state index is 15.5. The van der Waals surface area contributed by atoms with Gasteiger partial charge in [-0.25, -0.2) is 27.0 Å². The Balaban J connectivity index is 1.20. The van der Waals surface area contributed by atoms with E-state index in [1.54, 1.807) is 37.8 Å². The Morgan fingerprint density at radius 2 is 1.67 bits per heavy atom. The number of anilines is 2. The summed E-state index contributed by atoms with van der Waals surface area (Å²) in [6, 6.07) is 8.10. The first kappa shape index (κ1) is 34.3. The number of halogens is 3. The lowest BCUT2D eigenvalue weighted by Crippen LogP contribution is -2.49. The van der Waals surface area contributed by atoms with E-state index in [0.29, 0.717) is 31.4 Å². The van der Waals surface area contributed by atoms with Gasteiger partial charge in [0, 0.05) is 62.4 Å². The first-order valence-corrected chi connectivity index (χ1v) is 17.3. The number of nitrogens with one attached hydrogen (secondary N) is 1. The number of alkyl carbamates (subject to hydrolysis) is 1. The molecule has 0 spiro atoms. The molecule has 2 aromatic rings. The van der Waals surface area contributed by atoms with Gasteiger partial charge in [-0.2, -0.15) is 4.31 Å². The number of aromatic nitrogens is 1. The number of benzene rings is 1. The number of nitrogens with zero attached hydrogens (tertiary/aromatic N) is 4. The summed E-state index contributed by atoms with van der Waals surface area (Å²) < 4.78 is 64.5. The van der Waals surface area contributed by atoms with Crippen molar-refractivity contribution in [2.24, 2.45) is 11.7 Å². The number of nitrogens with two attached hydrogens (primary N) is 1. The van der Waals surface area contributed by atoms with Gasteiger partial charge in [-0.15, -0.1) is 0 Å². The van der Waals surface area contributed by atoms with Gasteiger partial charge in [-0.3, -0.25) is 4.79 Å². The number of carbonyl (C=O) groups excluding carboxylic acids is 2. The highest BCUT2D eigenvalue weighted by atomic mass is 35.5. The van der Waals surface area contributed by atoms with Crippen LogP contribution in [0.5, 0.6) is 0 Å². The van der Waals surface area contributed by atoms with Crippen molar-refractivity contribution in [3.8, 4) is 0 Å². The van der Waals surface area contributed by atoms with Gasteiger partial charge in [0.2, 0.25) is 15.9 Å². The molecule has 1 aliphatic carbocycles. The quantitative estimate of drug-likeness (QED) is 0.408. The van der Waals surface area contributed by atoms with Crippen LogP contribution in [0.15, 0.2) is 41.3 Å². The second kappa shape index (κ2) is 13.2. The van der Waals surface area contributed by atoms with Crippen LogP contribution in [0.3, 0.4) is 0 Å². The molecule has 3 heterocycles. The highest BCUT2D eigenvalue weighted by Crippen LogP contribution is 2.44. The minimum Gasteiger partial charge on any atom is -0.444 e. The molecular formula is C31H41ClF2N6O5S. The smallest absolute Gasteiger partial charge is 0.407 e. The van der Waals surface area contributed by atoms with Crippen LogP contribution in [0.1, 0.15) is 58.4 Å². The average Bonchev–Trinajstić information content (AvgIpc) is 3.35. The Labute approximate surface area is 273 Å². The lowest BCUT2D eigenvalue weighted by atomic mass is 9.80. The zero-order valence-corrected chi connectivity index (χ0v) is 27.8. The average molecular weight is 683 g/mol. The zero-order valence-electron chi connectivity index (χ0n) is 26.2. The molecule has 2 saturated heterocycles. The minimum atomic E-state index is -3.87. The number of carbonyl (C=O) groups is 2. The standard InChI is InChI=1S/C31H41ClF2N6O5S/c1-30(2,3)45-29(42)36-23-18-28(41)40(19-23)24-8-10-25(11-9-24)46(43,44)39-14-12-38(13-15-39)27-17-21(16-26(32)37-27)31(33,34)20-4-6-22(35)7-5-20/h8-11,16-17,20,22-23H,4-7,12-15,18-19,35H2,1-3H3,(H,36,42). The van der Waals surface area contributed by atoms with Crippen molar-refractivity contribution in [3.63, 3.8) is 0 Å². The molecule has 1 aromatic carbocycles. The third-order valence-electron chi connectivity index (χ3n) is 8.64. The van der Waals surface area contributed by atoms with Crippen LogP contribution in [0.4, 0.5) is 25.1 Å². The number of amides is 2. The van der Waals surface area contributed by atoms with E-state index in [4.69, 9.17) is 22.1 Å². The van der Waals surface area contributed by atoms with Crippen LogP contribution in [0, 0.1) is 5.92 Å². The predicted molar refractivity (Wildman–Crippen MR) is 171 cm³/mol. The number of hydrogen-bond donors (Lipinski definition) is 2. The largest absolute Gasteiger partial charge is 0.444 e. The van der Waals surface area contributed by atoms with Crippen LogP contribution in [-0.4, -0.2) is 80.1 Å². The number of sulfonamides is 1. The Kier molecular flexibility index (Phi) is 9.84. The second-order valence-corrected chi connectivity index (χ2v) is 15.5. The van der Waals surface area contributed by atoms with Crippen molar-refractivity contribution < 1.29 is 31.5 Å². The first-order valence-electron chi connectivity index (χ1n) is 15.5. The summed E-state index contributed by atoms with van der Waals surface area (Å²) in [6.07, 6.45) is 1.26. The molecule has 0 bridgehead atoms. The Bertz CT molecular complexity index is 1540. The number of alkyl halides is 2. The maximum Gasteiger partial charge on any atom is 0.407 e. The van der Waals surface area contributed by atoms with E-state index in [1.165, 1.54) is 33.5 Å². The molecule has 1 atom stereocenters. The number of hydrogen-bond acceptors (Lipinski definition) is 8. The van der Waals surface area contributed by atoms with Crippen LogP contribution >= 0.6 is 11.6 Å². The third-order valence-corrected chi connectivity index (χ3v) is 10.8. The molecular weight excluding hydrogens is 642 g/mol. The van der Waals surface area contributed by atoms with Crippen molar-refractivity contribution >= 4 is 45.1 Å². The maximum atomic E-state index is 15.5. The van der Waals surface area contributed by atoms with Gasteiger partial charge in [-0.1, -0.05) is 11.6 Å². The Hall–Kier alpha value is -3.07. The molecule has 15 heteroatoms. The van der Waals surface area contributed by atoms with Gasteiger partial charge in [0.1, 0.15) is 16.6 Å². The van der Waals surface area contributed by atoms with Gasteiger partial charge >= 0.3 is 6.09 Å². The van der Waals surface area contributed by atoms with Crippen molar-refractivity contribution in [3.05, 3.63) is 47.1 Å². The molecule has 46 heavy (non-hydrogen) atoms. The molecule has 252 valence electrons. The lowest BCUT2D eigenvalue weighted by molar-refractivity contribution is -0.117. The van der Waals surface area contributed by atoms with Crippen molar-refractivity contribution in [1.29, 1.82) is 0 Å². The lowest BCUT2D eigenvalue weighted by Gasteiger charge is -2.36. The zero-order chi connectivity index (χ0) is 33.4. The molecule has 0 radical (unpaired) electrons. The van der Waals surface area contributed by atoms with Gasteiger partial charge in [0.25, 0.3) is 5.92 Å². The summed E-state index contributed by atoms with van der Waals surface area (Å²) in [4.78, 5) is 32.4. The second-order valence-electron chi connectivity index (χ2n) is 13.2. The predicted octanol–water partition coefficient (Wildman–Crippen LogP) is 4.49. The fourth-order valence-corrected chi connectivity index (χ4v) is 7.81. The molecule has 3 aliphatic rings. The Morgan fingerprint density at radius 1 is 1.04 bits per heavy atom. The molecule has 3 fully saturated rings. The highest BCUT2D eigenvalue weighted by molar-refractivity contribution is 7.89. The van der Waals surface area contributed by atoms with Crippen molar-refractivity contribution in [2.45, 2.75) is 81.4 Å². The summed E-state index contributed by atoms with van der Waals surface area (Å²) in [5.41, 5.74) is 5.56. The molecule has 5 rings (SSSR count). The first-order chi connectivity index (χ1) is 21.5. The molecule has 2 amide bonds. The summed E-state index contributed by atoms with van der Waals surface area (Å²) >= 11 is 6.19. The van der Waals surface area contributed by atoms with E-state index >= 15 is 8.78 Å². The number of pyridine rings is 1.